The minimum absolute atomic E-state index is 0.0998. The number of hydrogen-bond donors (Lipinski definition) is 1. The van der Waals surface area contributed by atoms with Gasteiger partial charge in [-0.2, -0.15) is 0 Å². The molecule has 4 heteroatoms. The first kappa shape index (κ1) is 7.49. The van der Waals surface area contributed by atoms with Gasteiger partial charge in [0.2, 0.25) is 6.21 Å². The smallest absolute Gasteiger partial charge is 0.269 e. The number of amides is 1. The van der Waals surface area contributed by atoms with Crippen LogP contribution in [-0.2, 0) is 4.79 Å². The number of nitrogens with zero attached hydrogens (tertiary/aromatic N) is 1. The van der Waals surface area contributed by atoms with Gasteiger partial charge in [-0.3, -0.25) is 4.79 Å². The highest BCUT2D eigenvalue weighted by Crippen LogP contribution is 2.05. The van der Waals surface area contributed by atoms with E-state index in [1.165, 1.54) is 0 Å². The summed E-state index contributed by atoms with van der Waals surface area (Å²) in [6, 6.07) is 4.02. The minimum atomic E-state index is 0.0998. The van der Waals surface area contributed by atoms with Crippen molar-refractivity contribution in [2.45, 2.75) is 6.42 Å². The van der Waals surface area contributed by atoms with Gasteiger partial charge in [0, 0.05) is 0 Å². The largest absolute Gasteiger partial charge is 0.280 e. The number of nitrogens with one attached hydrogen (secondary N) is 1. The maximum Gasteiger partial charge on any atom is 0.280 e. The van der Waals surface area contributed by atoms with Crippen LogP contribution in [0.1, 0.15) is 11.3 Å². The molecule has 1 aliphatic heterocycles. The number of hydrazine groups is 1. The zero-order valence-corrected chi connectivity index (χ0v) is 7.30. The van der Waals surface area contributed by atoms with E-state index < -0.39 is 0 Å². The van der Waals surface area contributed by atoms with Crippen LogP contribution in [0.2, 0.25) is 0 Å². The predicted octanol–water partition coefficient (Wildman–Crippen LogP) is 0.614. The Morgan fingerprint density at radius 1 is 1.67 bits per heavy atom. The van der Waals surface area contributed by atoms with Crippen molar-refractivity contribution < 1.29 is 9.48 Å². The molecule has 1 aromatic rings. The molecule has 12 heavy (non-hydrogen) atoms. The molecule has 1 amide bonds. The lowest BCUT2D eigenvalue weighted by molar-refractivity contribution is -0.553. The van der Waals surface area contributed by atoms with E-state index in [1.54, 1.807) is 11.3 Å². The highest BCUT2D eigenvalue weighted by molar-refractivity contribution is 7.11. The first-order valence-electron chi connectivity index (χ1n) is 3.79. The molecule has 0 aliphatic carbocycles. The molecule has 3 nitrogen and oxygen atoms in total. The van der Waals surface area contributed by atoms with Crippen molar-refractivity contribution in [1.82, 2.24) is 5.43 Å². The number of hydrogen-bond acceptors (Lipinski definition) is 2. The van der Waals surface area contributed by atoms with E-state index in [0.717, 1.165) is 11.4 Å². The molecular formula is C8H9N2OS+. The van der Waals surface area contributed by atoms with Crippen LogP contribution in [0.5, 0.6) is 0 Å². The molecule has 0 aromatic carbocycles. The molecule has 2 heterocycles. The van der Waals surface area contributed by atoms with Crippen molar-refractivity contribution >= 4 is 23.5 Å². The third-order valence-corrected chi connectivity index (χ3v) is 2.48. The number of carbonyl (C=O) groups is 1. The molecule has 1 fully saturated rings. The first-order valence-corrected chi connectivity index (χ1v) is 4.67. The Bertz CT molecular complexity index is 316. The Labute approximate surface area is 74.3 Å². The number of thiophene rings is 1. The summed E-state index contributed by atoms with van der Waals surface area (Å²) >= 11 is 1.66. The maximum absolute atomic E-state index is 10.8. The molecule has 2 rings (SSSR count). The molecule has 1 N–H and O–H groups in total. The molecule has 0 unspecified atom stereocenters. The van der Waals surface area contributed by atoms with E-state index >= 15 is 0 Å². The highest BCUT2D eigenvalue weighted by Gasteiger charge is 2.20. The molecule has 62 valence electrons. The number of rotatable bonds is 1. The van der Waals surface area contributed by atoms with Crippen molar-refractivity contribution in [3.8, 4) is 0 Å². The molecule has 0 atom stereocenters. The average molecular weight is 181 g/mol. The Morgan fingerprint density at radius 3 is 3.17 bits per heavy atom. The zero-order valence-electron chi connectivity index (χ0n) is 6.49. The number of carbonyl (C=O) groups excluding carboxylic acids is 1. The summed E-state index contributed by atoms with van der Waals surface area (Å²) < 4.78 is 1.83. The summed E-state index contributed by atoms with van der Waals surface area (Å²) in [5.41, 5.74) is 2.74. The Kier molecular flexibility index (Phi) is 1.91. The molecular weight excluding hydrogens is 172 g/mol. The second kappa shape index (κ2) is 3.06. The van der Waals surface area contributed by atoms with Crippen LogP contribution < -0.4 is 5.43 Å². The summed E-state index contributed by atoms with van der Waals surface area (Å²) in [6.45, 7) is 0.775. The van der Waals surface area contributed by atoms with Crippen LogP contribution in [0.3, 0.4) is 0 Å². The van der Waals surface area contributed by atoms with Crippen molar-refractivity contribution in [2.75, 3.05) is 6.54 Å². The fourth-order valence-electron chi connectivity index (χ4n) is 1.11. The van der Waals surface area contributed by atoms with E-state index in [1.807, 2.05) is 28.4 Å². The third-order valence-electron chi connectivity index (χ3n) is 1.67. The summed E-state index contributed by atoms with van der Waals surface area (Å²) in [7, 11) is 0. The standard InChI is InChI=1S/C8H8N2OS/c11-8-3-4-10(9-8)6-7-2-1-5-12-7/h1-2,5-6H,3-4H2/p+1/b10-6-. The van der Waals surface area contributed by atoms with Crippen LogP contribution in [0.4, 0.5) is 0 Å². The van der Waals surface area contributed by atoms with Gasteiger partial charge in [0.05, 0.1) is 11.3 Å². The van der Waals surface area contributed by atoms with Crippen LogP contribution in [0, 0.1) is 0 Å². The molecule has 0 saturated carbocycles. The van der Waals surface area contributed by atoms with Gasteiger partial charge in [0.1, 0.15) is 0 Å². The summed E-state index contributed by atoms with van der Waals surface area (Å²) in [4.78, 5) is 12.0. The fraction of sp³-hybridized carbons (Fsp3) is 0.250. The average Bonchev–Trinajstić information content (AvgIpc) is 2.63. The monoisotopic (exact) mass is 181 g/mol. The fourth-order valence-corrected chi connectivity index (χ4v) is 1.77. The van der Waals surface area contributed by atoms with E-state index in [2.05, 4.69) is 5.43 Å². The molecule has 1 aliphatic rings. The lowest BCUT2D eigenvalue weighted by atomic mass is 10.4. The van der Waals surface area contributed by atoms with Gasteiger partial charge in [0.25, 0.3) is 5.91 Å². The normalized spacial score (nSPS) is 20.0. The van der Waals surface area contributed by atoms with E-state index in [4.69, 9.17) is 0 Å². The van der Waals surface area contributed by atoms with Crippen LogP contribution in [-0.4, -0.2) is 23.4 Å². The van der Waals surface area contributed by atoms with E-state index in [9.17, 15) is 4.79 Å². The van der Waals surface area contributed by atoms with E-state index in [0.29, 0.717) is 6.42 Å². The topological polar surface area (TPSA) is 32.1 Å². The predicted molar refractivity (Wildman–Crippen MR) is 47.4 cm³/mol. The molecule has 1 aromatic heterocycles. The van der Waals surface area contributed by atoms with Crippen LogP contribution in [0.15, 0.2) is 17.5 Å². The van der Waals surface area contributed by atoms with Crippen LogP contribution in [0.25, 0.3) is 0 Å². The highest BCUT2D eigenvalue weighted by atomic mass is 32.1. The van der Waals surface area contributed by atoms with Gasteiger partial charge < -0.3 is 0 Å². The Hall–Kier alpha value is -1.16. The number of hydrazone groups is 1. The Balaban J connectivity index is 2.15. The lowest BCUT2D eigenvalue weighted by Gasteiger charge is -1.87. The summed E-state index contributed by atoms with van der Waals surface area (Å²) in [5.74, 6) is 0.0998. The second-order valence-electron chi connectivity index (χ2n) is 2.62. The van der Waals surface area contributed by atoms with E-state index in [-0.39, 0.29) is 5.91 Å². The van der Waals surface area contributed by atoms with Gasteiger partial charge in [-0.1, -0.05) is 6.07 Å². The quantitative estimate of drug-likeness (QED) is 0.633. The summed E-state index contributed by atoms with van der Waals surface area (Å²) in [6.07, 6.45) is 2.55. The van der Waals surface area contributed by atoms with Crippen molar-refractivity contribution in [3.05, 3.63) is 22.4 Å². The van der Waals surface area contributed by atoms with Crippen LogP contribution >= 0.6 is 11.3 Å². The third kappa shape index (κ3) is 1.53. The second-order valence-corrected chi connectivity index (χ2v) is 3.60. The minimum Gasteiger partial charge on any atom is -0.269 e. The molecule has 0 radical (unpaired) electrons. The molecule has 1 saturated heterocycles. The van der Waals surface area contributed by atoms with Crippen molar-refractivity contribution in [2.24, 2.45) is 0 Å². The summed E-state index contributed by atoms with van der Waals surface area (Å²) in [5, 5.41) is 2.02. The molecule has 0 bridgehead atoms. The SMILES string of the molecule is O=C1CC/[N+](=C/c2cccs2)N1. The van der Waals surface area contributed by atoms with Gasteiger partial charge in [-0.05, 0) is 11.4 Å². The van der Waals surface area contributed by atoms with Crippen molar-refractivity contribution in [3.63, 3.8) is 0 Å². The lowest BCUT2D eigenvalue weighted by Crippen LogP contribution is -2.24. The van der Waals surface area contributed by atoms with Gasteiger partial charge in [-0.15, -0.1) is 21.4 Å². The molecule has 0 spiro atoms. The van der Waals surface area contributed by atoms with Gasteiger partial charge in [-0.25, -0.2) is 0 Å². The Morgan fingerprint density at radius 2 is 2.58 bits per heavy atom. The first-order chi connectivity index (χ1) is 5.84. The van der Waals surface area contributed by atoms with Crippen molar-refractivity contribution in [1.29, 1.82) is 0 Å². The maximum atomic E-state index is 10.8. The zero-order chi connectivity index (χ0) is 8.39. The van der Waals surface area contributed by atoms with Gasteiger partial charge >= 0.3 is 0 Å². The van der Waals surface area contributed by atoms with Gasteiger partial charge in [0.15, 0.2) is 6.54 Å².